The molecule has 0 radical (unpaired) electrons. The number of hydrogen-bond acceptors (Lipinski definition) is 6. The molecular formula is C21H24N4O3. The number of rotatable bonds is 4. The minimum atomic E-state index is -0.269. The summed E-state index contributed by atoms with van der Waals surface area (Å²) < 4.78 is 5.13. The fourth-order valence-electron chi connectivity index (χ4n) is 4.00. The minimum absolute atomic E-state index is 0.213. The summed E-state index contributed by atoms with van der Waals surface area (Å²) in [6, 6.07) is 10.3. The molecule has 2 heterocycles. The van der Waals surface area contributed by atoms with Gasteiger partial charge in [0.25, 0.3) is 0 Å². The molecule has 7 nitrogen and oxygen atoms in total. The Balaban J connectivity index is 1.42. The molecule has 0 spiro atoms. The van der Waals surface area contributed by atoms with Crippen molar-refractivity contribution in [2.75, 3.05) is 38.2 Å². The average molecular weight is 380 g/mol. The molecule has 2 aromatic carbocycles. The number of H-pyrrole nitrogens is 1. The lowest BCUT2D eigenvalue weighted by Crippen LogP contribution is -2.47. The van der Waals surface area contributed by atoms with Gasteiger partial charge in [0, 0.05) is 43.5 Å². The van der Waals surface area contributed by atoms with Gasteiger partial charge in [0.05, 0.1) is 18.1 Å². The van der Waals surface area contributed by atoms with Crippen molar-refractivity contribution >= 4 is 16.7 Å². The van der Waals surface area contributed by atoms with Crippen molar-refractivity contribution in [3.05, 3.63) is 30.3 Å². The quantitative estimate of drug-likeness (QED) is 0.604. The highest BCUT2D eigenvalue weighted by atomic mass is 16.5. The van der Waals surface area contributed by atoms with Gasteiger partial charge in [0.2, 0.25) is 5.75 Å². The number of phenolic OH excluding ortho intramolecular Hbond substituents is 2. The van der Waals surface area contributed by atoms with Crippen LogP contribution in [0.5, 0.6) is 17.2 Å². The Hall–Kier alpha value is -2.93. The Bertz CT molecular complexity index is 1020. The zero-order valence-corrected chi connectivity index (χ0v) is 15.9. The fraction of sp³-hybridized carbons (Fsp3) is 0.381. The number of nitrogens with one attached hydrogen (secondary N) is 1. The monoisotopic (exact) mass is 380 g/mol. The molecule has 1 saturated carbocycles. The summed E-state index contributed by atoms with van der Waals surface area (Å²) in [6.07, 6.45) is 2.72. The van der Waals surface area contributed by atoms with Gasteiger partial charge in [-0.15, -0.1) is 0 Å². The van der Waals surface area contributed by atoms with Crippen molar-refractivity contribution in [3.63, 3.8) is 0 Å². The van der Waals surface area contributed by atoms with E-state index in [0.29, 0.717) is 11.4 Å². The van der Waals surface area contributed by atoms with E-state index in [1.165, 1.54) is 31.7 Å². The number of imidazole rings is 1. The summed E-state index contributed by atoms with van der Waals surface area (Å²) in [4.78, 5) is 13.0. The molecule has 0 atom stereocenters. The molecule has 1 aliphatic carbocycles. The van der Waals surface area contributed by atoms with Gasteiger partial charge in [-0.3, -0.25) is 4.90 Å². The van der Waals surface area contributed by atoms with Crippen LogP contribution in [0.15, 0.2) is 30.3 Å². The standard InChI is InChI=1S/C21H24N4O3/c1-28-19-11-13(10-18(26)20(19)27)21-22-16-5-4-15(12-17(16)23-21)25-8-6-24(7-9-25)14-2-3-14/h4-5,10-12,14,26-27H,2-3,6-9H2,1H3,(H,22,23). The number of fused-ring (bicyclic) bond motifs is 1. The third kappa shape index (κ3) is 3.01. The lowest BCUT2D eigenvalue weighted by molar-refractivity contribution is 0.248. The number of anilines is 1. The van der Waals surface area contributed by atoms with E-state index in [1.54, 1.807) is 6.07 Å². The molecule has 0 bridgehead atoms. The molecule has 3 N–H and O–H groups in total. The molecule has 7 heteroatoms. The van der Waals surface area contributed by atoms with Crippen LogP contribution in [0.3, 0.4) is 0 Å². The molecule has 0 amide bonds. The van der Waals surface area contributed by atoms with Gasteiger partial charge in [-0.1, -0.05) is 0 Å². The Kier molecular flexibility index (Phi) is 4.05. The highest BCUT2D eigenvalue weighted by Gasteiger charge is 2.31. The van der Waals surface area contributed by atoms with E-state index in [-0.39, 0.29) is 17.2 Å². The van der Waals surface area contributed by atoms with Crippen molar-refractivity contribution in [1.82, 2.24) is 14.9 Å². The third-order valence-electron chi connectivity index (χ3n) is 5.76. The summed E-state index contributed by atoms with van der Waals surface area (Å²) in [5.74, 6) is 0.336. The predicted octanol–water partition coefficient (Wildman–Crippen LogP) is 2.93. The first-order chi connectivity index (χ1) is 13.6. The van der Waals surface area contributed by atoms with Gasteiger partial charge in [0.15, 0.2) is 11.5 Å². The number of phenols is 2. The Morgan fingerprint density at radius 1 is 1.07 bits per heavy atom. The smallest absolute Gasteiger partial charge is 0.200 e. The van der Waals surface area contributed by atoms with Crippen LogP contribution < -0.4 is 9.64 Å². The second-order valence-electron chi connectivity index (χ2n) is 7.59. The predicted molar refractivity (Wildman–Crippen MR) is 108 cm³/mol. The molecule has 2 aliphatic rings. The highest BCUT2D eigenvalue weighted by molar-refractivity contribution is 5.83. The van der Waals surface area contributed by atoms with Gasteiger partial charge >= 0.3 is 0 Å². The second-order valence-corrected chi connectivity index (χ2v) is 7.59. The summed E-state index contributed by atoms with van der Waals surface area (Å²) in [5.41, 5.74) is 3.65. The van der Waals surface area contributed by atoms with E-state index in [9.17, 15) is 10.2 Å². The topological polar surface area (TPSA) is 84.9 Å². The second kappa shape index (κ2) is 6.60. The normalized spacial score (nSPS) is 18.0. The zero-order valence-electron chi connectivity index (χ0n) is 15.9. The summed E-state index contributed by atoms with van der Waals surface area (Å²) >= 11 is 0. The van der Waals surface area contributed by atoms with E-state index in [0.717, 1.165) is 43.3 Å². The van der Waals surface area contributed by atoms with Crippen LogP contribution in [0, 0.1) is 0 Å². The Labute approximate surface area is 163 Å². The van der Waals surface area contributed by atoms with Crippen LogP contribution in [0.1, 0.15) is 12.8 Å². The Morgan fingerprint density at radius 3 is 2.57 bits per heavy atom. The molecule has 3 aromatic rings. The molecule has 1 saturated heterocycles. The van der Waals surface area contributed by atoms with Crippen molar-refractivity contribution < 1.29 is 14.9 Å². The van der Waals surface area contributed by atoms with E-state index < -0.39 is 0 Å². The largest absolute Gasteiger partial charge is 0.504 e. The molecule has 5 rings (SSSR count). The number of piperazine rings is 1. The van der Waals surface area contributed by atoms with Crippen LogP contribution in [-0.2, 0) is 0 Å². The zero-order chi connectivity index (χ0) is 19.3. The maximum absolute atomic E-state index is 9.95. The summed E-state index contributed by atoms with van der Waals surface area (Å²) in [7, 11) is 1.45. The van der Waals surface area contributed by atoms with Crippen molar-refractivity contribution in [1.29, 1.82) is 0 Å². The van der Waals surface area contributed by atoms with Gasteiger partial charge in [-0.05, 0) is 43.2 Å². The van der Waals surface area contributed by atoms with E-state index in [1.807, 2.05) is 6.07 Å². The SMILES string of the molecule is COc1cc(-c2nc3cc(N4CCN(C5CC5)CC4)ccc3[nH]2)cc(O)c1O. The van der Waals surface area contributed by atoms with E-state index >= 15 is 0 Å². The van der Waals surface area contributed by atoms with Gasteiger partial charge in [-0.25, -0.2) is 4.98 Å². The number of hydrogen-bond donors (Lipinski definition) is 3. The number of benzene rings is 2. The molecule has 0 unspecified atom stereocenters. The Morgan fingerprint density at radius 2 is 1.86 bits per heavy atom. The minimum Gasteiger partial charge on any atom is -0.504 e. The van der Waals surface area contributed by atoms with Gasteiger partial charge in [0.1, 0.15) is 5.82 Å². The van der Waals surface area contributed by atoms with E-state index in [4.69, 9.17) is 9.72 Å². The molecule has 1 aromatic heterocycles. The van der Waals surface area contributed by atoms with Crippen LogP contribution in [0.2, 0.25) is 0 Å². The van der Waals surface area contributed by atoms with E-state index in [2.05, 4.69) is 26.9 Å². The first-order valence-corrected chi connectivity index (χ1v) is 9.71. The van der Waals surface area contributed by atoms with Gasteiger partial charge < -0.3 is 24.8 Å². The fourth-order valence-corrected chi connectivity index (χ4v) is 4.00. The molecule has 28 heavy (non-hydrogen) atoms. The number of aromatic amines is 1. The summed E-state index contributed by atoms with van der Waals surface area (Å²) in [5, 5.41) is 19.8. The lowest BCUT2D eigenvalue weighted by atomic mass is 10.1. The highest BCUT2D eigenvalue weighted by Crippen LogP contribution is 2.39. The molecule has 2 fully saturated rings. The van der Waals surface area contributed by atoms with Crippen LogP contribution in [-0.4, -0.2) is 64.4 Å². The van der Waals surface area contributed by atoms with Crippen LogP contribution in [0.4, 0.5) is 5.69 Å². The molecule has 146 valence electrons. The van der Waals surface area contributed by atoms with Crippen molar-refractivity contribution in [2.45, 2.75) is 18.9 Å². The molecular weight excluding hydrogens is 356 g/mol. The number of aromatic hydroxyl groups is 2. The maximum atomic E-state index is 9.95. The lowest BCUT2D eigenvalue weighted by Gasteiger charge is -2.36. The first-order valence-electron chi connectivity index (χ1n) is 9.71. The average Bonchev–Trinajstić information content (AvgIpc) is 3.48. The first kappa shape index (κ1) is 17.2. The molecule has 1 aliphatic heterocycles. The van der Waals surface area contributed by atoms with Crippen molar-refractivity contribution in [3.8, 4) is 28.6 Å². The van der Waals surface area contributed by atoms with Crippen LogP contribution in [0.25, 0.3) is 22.4 Å². The number of ether oxygens (including phenoxy) is 1. The van der Waals surface area contributed by atoms with Crippen molar-refractivity contribution in [2.24, 2.45) is 0 Å². The number of nitrogens with zero attached hydrogens (tertiary/aromatic N) is 3. The van der Waals surface area contributed by atoms with Gasteiger partial charge in [-0.2, -0.15) is 0 Å². The number of methoxy groups -OCH3 is 1. The maximum Gasteiger partial charge on any atom is 0.200 e. The van der Waals surface area contributed by atoms with Crippen LogP contribution >= 0.6 is 0 Å². The third-order valence-corrected chi connectivity index (χ3v) is 5.76. The summed E-state index contributed by atoms with van der Waals surface area (Å²) in [6.45, 7) is 4.34. The number of aromatic nitrogens is 2.